The van der Waals surface area contributed by atoms with Crippen molar-refractivity contribution in [2.75, 3.05) is 5.32 Å². The lowest BCUT2D eigenvalue weighted by Crippen LogP contribution is -2.28. The van der Waals surface area contributed by atoms with Gasteiger partial charge in [0, 0.05) is 19.4 Å². The Morgan fingerprint density at radius 3 is 2.79 bits per heavy atom. The van der Waals surface area contributed by atoms with Crippen LogP contribution in [0.4, 0.5) is 5.69 Å². The second-order valence-corrected chi connectivity index (χ2v) is 6.02. The molecule has 124 valence electrons. The molecule has 2 N–H and O–H groups in total. The summed E-state index contributed by atoms with van der Waals surface area (Å²) in [6, 6.07) is 10.3. The molecule has 0 fully saturated rings. The van der Waals surface area contributed by atoms with Crippen molar-refractivity contribution in [3.8, 4) is 0 Å². The third kappa shape index (κ3) is 3.99. The fourth-order valence-electron chi connectivity index (χ4n) is 2.40. The number of nitrogens with zero attached hydrogens (tertiary/aromatic N) is 4. The highest BCUT2D eigenvalue weighted by atomic mass is 32.1. The monoisotopic (exact) mass is 340 g/mol. The molecule has 2 aromatic heterocycles. The lowest BCUT2D eigenvalue weighted by molar-refractivity contribution is 0.684. The molecule has 0 saturated carbocycles. The van der Waals surface area contributed by atoms with Crippen LogP contribution in [0.25, 0.3) is 0 Å². The van der Waals surface area contributed by atoms with E-state index in [0.29, 0.717) is 11.7 Å². The lowest BCUT2D eigenvalue weighted by atomic mass is 10.1. The Kier molecular flexibility index (Phi) is 4.90. The molecule has 0 aliphatic heterocycles. The van der Waals surface area contributed by atoms with Crippen LogP contribution in [-0.4, -0.2) is 24.7 Å². The number of aryl methyl sites for hydroxylation is 2. The van der Waals surface area contributed by atoms with Gasteiger partial charge in [-0.05, 0) is 36.3 Å². The van der Waals surface area contributed by atoms with Crippen LogP contribution >= 0.6 is 12.2 Å². The first-order chi connectivity index (χ1) is 11.6. The Balaban J connectivity index is 1.55. The molecule has 0 spiro atoms. The third-order valence-corrected chi connectivity index (χ3v) is 4.08. The largest absolute Gasteiger partial charge is 0.357 e. The first kappa shape index (κ1) is 16.2. The van der Waals surface area contributed by atoms with Crippen LogP contribution < -0.4 is 10.6 Å². The summed E-state index contributed by atoms with van der Waals surface area (Å²) in [5.41, 5.74) is 4.44. The maximum Gasteiger partial charge on any atom is 0.171 e. The fraction of sp³-hybridized carbons (Fsp3) is 0.235. The molecule has 0 aliphatic rings. The normalized spacial score (nSPS) is 10.6. The maximum atomic E-state index is 5.32. The zero-order chi connectivity index (χ0) is 16.9. The Labute approximate surface area is 146 Å². The van der Waals surface area contributed by atoms with Crippen LogP contribution in [0.5, 0.6) is 0 Å². The summed E-state index contributed by atoms with van der Waals surface area (Å²) in [7, 11) is 1.91. The van der Waals surface area contributed by atoms with Crippen molar-refractivity contribution in [1.82, 2.24) is 24.9 Å². The molecular formula is C17H20N6S. The Bertz CT molecular complexity index is 835. The number of benzene rings is 1. The predicted molar refractivity (Wildman–Crippen MR) is 98.8 cm³/mol. The summed E-state index contributed by atoms with van der Waals surface area (Å²) in [4.78, 5) is 0. The van der Waals surface area contributed by atoms with Crippen LogP contribution in [0, 0.1) is 6.92 Å². The molecule has 0 aliphatic carbocycles. The molecule has 0 bridgehead atoms. The van der Waals surface area contributed by atoms with Crippen LogP contribution in [0.1, 0.15) is 16.8 Å². The molecule has 24 heavy (non-hydrogen) atoms. The van der Waals surface area contributed by atoms with Crippen molar-refractivity contribution in [2.45, 2.75) is 20.0 Å². The molecule has 3 aromatic rings. The number of anilines is 1. The third-order valence-electron chi connectivity index (χ3n) is 3.84. The van der Waals surface area contributed by atoms with Gasteiger partial charge in [0.25, 0.3) is 0 Å². The fourth-order valence-corrected chi connectivity index (χ4v) is 2.59. The van der Waals surface area contributed by atoms with Crippen LogP contribution in [0.15, 0.2) is 48.9 Å². The van der Waals surface area contributed by atoms with E-state index >= 15 is 0 Å². The van der Waals surface area contributed by atoms with E-state index in [1.165, 1.54) is 11.1 Å². The van der Waals surface area contributed by atoms with Gasteiger partial charge in [-0.15, -0.1) is 0 Å². The van der Waals surface area contributed by atoms with E-state index in [4.69, 9.17) is 12.2 Å². The van der Waals surface area contributed by atoms with E-state index in [0.717, 1.165) is 17.9 Å². The first-order valence-electron chi connectivity index (χ1n) is 7.70. The van der Waals surface area contributed by atoms with Crippen molar-refractivity contribution >= 4 is 23.0 Å². The second kappa shape index (κ2) is 7.27. The Morgan fingerprint density at radius 1 is 1.21 bits per heavy atom. The van der Waals surface area contributed by atoms with Crippen molar-refractivity contribution in [2.24, 2.45) is 7.05 Å². The highest BCUT2D eigenvalue weighted by Gasteiger charge is 2.04. The van der Waals surface area contributed by atoms with Gasteiger partial charge in [0.05, 0.1) is 30.7 Å². The molecule has 7 heteroatoms. The predicted octanol–water partition coefficient (Wildman–Crippen LogP) is 2.46. The van der Waals surface area contributed by atoms with Crippen molar-refractivity contribution < 1.29 is 0 Å². The average Bonchev–Trinajstić information content (AvgIpc) is 3.17. The van der Waals surface area contributed by atoms with Crippen LogP contribution in [0.2, 0.25) is 0 Å². The van der Waals surface area contributed by atoms with Crippen molar-refractivity contribution in [3.05, 3.63) is 65.7 Å². The van der Waals surface area contributed by atoms with Crippen LogP contribution in [0.3, 0.4) is 0 Å². The molecule has 0 radical (unpaired) electrons. The van der Waals surface area contributed by atoms with E-state index in [2.05, 4.69) is 39.9 Å². The molecule has 6 nitrogen and oxygen atoms in total. The van der Waals surface area contributed by atoms with Gasteiger partial charge in [-0.1, -0.05) is 24.3 Å². The second-order valence-electron chi connectivity index (χ2n) is 5.61. The van der Waals surface area contributed by atoms with E-state index in [1.807, 2.05) is 40.8 Å². The SMILES string of the molecule is Cc1ccccc1Cn1cc(NC(=S)NCc2ccnn2C)cn1. The quantitative estimate of drug-likeness (QED) is 0.699. The van der Waals surface area contributed by atoms with Gasteiger partial charge in [-0.25, -0.2) is 0 Å². The molecular weight excluding hydrogens is 320 g/mol. The summed E-state index contributed by atoms with van der Waals surface area (Å²) >= 11 is 5.32. The number of rotatable bonds is 5. The Hall–Kier alpha value is -2.67. The van der Waals surface area contributed by atoms with Gasteiger partial charge < -0.3 is 10.6 Å². The minimum atomic E-state index is 0.562. The molecule has 0 atom stereocenters. The molecule has 0 unspecified atom stereocenters. The Morgan fingerprint density at radius 2 is 2.04 bits per heavy atom. The lowest BCUT2D eigenvalue weighted by Gasteiger charge is -2.09. The van der Waals surface area contributed by atoms with Gasteiger partial charge in [0.2, 0.25) is 0 Å². The molecule has 3 rings (SSSR count). The number of hydrogen-bond acceptors (Lipinski definition) is 3. The number of aromatic nitrogens is 4. The summed E-state index contributed by atoms with van der Waals surface area (Å²) in [6.07, 6.45) is 5.49. The standard InChI is InChI=1S/C17H20N6S/c1-13-5-3-4-6-14(13)11-23-12-15(9-20-23)21-17(24)18-10-16-7-8-19-22(16)2/h3-9,12H,10-11H2,1-2H3,(H2,18,21,24). The van der Waals surface area contributed by atoms with E-state index < -0.39 is 0 Å². The van der Waals surface area contributed by atoms with Gasteiger partial charge in [-0.3, -0.25) is 9.36 Å². The van der Waals surface area contributed by atoms with Gasteiger partial charge >= 0.3 is 0 Å². The number of nitrogens with one attached hydrogen (secondary N) is 2. The van der Waals surface area contributed by atoms with E-state index in [9.17, 15) is 0 Å². The minimum absolute atomic E-state index is 0.562. The highest BCUT2D eigenvalue weighted by Crippen LogP contribution is 2.11. The van der Waals surface area contributed by atoms with E-state index in [-0.39, 0.29) is 0 Å². The van der Waals surface area contributed by atoms with Crippen molar-refractivity contribution in [3.63, 3.8) is 0 Å². The van der Waals surface area contributed by atoms with Crippen molar-refractivity contribution in [1.29, 1.82) is 0 Å². The molecule has 1 aromatic carbocycles. The molecule has 0 saturated heterocycles. The minimum Gasteiger partial charge on any atom is -0.357 e. The zero-order valence-corrected chi connectivity index (χ0v) is 14.5. The summed E-state index contributed by atoms with van der Waals surface area (Å²) in [5.74, 6) is 0. The number of hydrogen-bond donors (Lipinski definition) is 2. The summed E-state index contributed by atoms with van der Waals surface area (Å²) in [5, 5.41) is 15.4. The molecule has 0 amide bonds. The summed E-state index contributed by atoms with van der Waals surface area (Å²) in [6.45, 7) is 3.47. The van der Waals surface area contributed by atoms with Gasteiger partial charge in [0.1, 0.15) is 0 Å². The number of thiocarbonyl (C=S) groups is 1. The highest BCUT2D eigenvalue weighted by molar-refractivity contribution is 7.80. The maximum absolute atomic E-state index is 5.32. The zero-order valence-electron chi connectivity index (χ0n) is 13.7. The topological polar surface area (TPSA) is 59.7 Å². The summed E-state index contributed by atoms with van der Waals surface area (Å²) < 4.78 is 3.71. The average molecular weight is 340 g/mol. The first-order valence-corrected chi connectivity index (χ1v) is 8.11. The van der Waals surface area contributed by atoms with E-state index in [1.54, 1.807) is 12.4 Å². The van der Waals surface area contributed by atoms with Gasteiger partial charge in [-0.2, -0.15) is 10.2 Å². The smallest absolute Gasteiger partial charge is 0.171 e. The van der Waals surface area contributed by atoms with Crippen LogP contribution in [-0.2, 0) is 20.1 Å². The van der Waals surface area contributed by atoms with Gasteiger partial charge in [0.15, 0.2) is 5.11 Å². The molecule has 2 heterocycles.